The van der Waals surface area contributed by atoms with Crippen molar-refractivity contribution in [1.29, 1.82) is 0 Å². The Morgan fingerprint density at radius 1 is 1.00 bits per heavy atom. The monoisotopic (exact) mass is 432 g/mol. The molecule has 1 saturated heterocycles. The van der Waals surface area contributed by atoms with Gasteiger partial charge in [-0.1, -0.05) is 25.3 Å². The first kappa shape index (κ1) is 20.6. The maximum absolute atomic E-state index is 12.8. The highest BCUT2D eigenvalue weighted by Gasteiger charge is 2.36. The molecule has 0 atom stereocenters. The molecule has 7 heteroatoms. The summed E-state index contributed by atoms with van der Waals surface area (Å²) in [6, 6.07) is 10.6. The van der Waals surface area contributed by atoms with E-state index in [0.717, 1.165) is 32.1 Å². The quantitative estimate of drug-likeness (QED) is 0.745. The van der Waals surface area contributed by atoms with Crippen LogP contribution in [-0.4, -0.2) is 38.3 Å². The van der Waals surface area contributed by atoms with Gasteiger partial charge in [-0.2, -0.15) is 4.31 Å². The van der Waals surface area contributed by atoms with Crippen LogP contribution in [0.1, 0.15) is 60.2 Å². The van der Waals surface area contributed by atoms with Crippen molar-refractivity contribution in [3.8, 4) is 0 Å². The SMILES string of the molecule is O=C(NCC1(c2cccs2)CCCC1)c1ccc(S(=O)(=O)N2CCCCC2)cc1. The minimum absolute atomic E-state index is 0.0430. The van der Waals surface area contributed by atoms with Crippen LogP contribution in [0.2, 0.25) is 0 Å². The van der Waals surface area contributed by atoms with Crippen LogP contribution in [0.15, 0.2) is 46.7 Å². The summed E-state index contributed by atoms with van der Waals surface area (Å²) in [6.45, 7) is 1.78. The van der Waals surface area contributed by atoms with Crippen molar-refractivity contribution in [3.05, 3.63) is 52.2 Å². The Hall–Kier alpha value is -1.70. The predicted molar refractivity (Wildman–Crippen MR) is 116 cm³/mol. The second-order valence-corrected chi connectivity index (χ2v) is 11.0. The molecule has 29 heavy (non-hydrogen) atoms. The van der Waals surface area contributed by atoms with Crippen LogP contribution in [-0.2, 0) is 15.4 Å². The lowest BCUT2D eigenvalue weighted by Gasteiger charge is -2.28. The summed E-state index contributed by atoms with van der Waals surface area (Å²) in [5.41, 5.74) is 0.545. The fraction of sp³-hybridized carbons (Fsp3) is 0.500. The van der Waals surface area contributed by atoms with Gasteiger partial charge in [0.1, 0.15) is 0 Å². The number of hydrogen-bond donors (Lipinski definition) is 1. The number of rotatable bonds is 6. The van der Waals surface area contributed by atoms with E-state index in [0.29, 0.717) is 25.2 Å². The molecule has 1 amide bonds. The molecule has 1 aliphatic heterocycles. The Morgan fingerprint density at radius 2 is 1.69 bits per heavy atom. The number of hydrogen-bond acceptors (Lipinski definition) is 4. The minimum atomic E-state index is -3.47. The van der Waals surface area contributed by atoms with Crippen molar-refractivity contribution in [2.24, 2.45) is 0 Å². The Morgan fingerprint density at radius 3 is 2.31 bits per heavy atom. The van der Waals surface area contributed by atoms with E-state index in [1.165, 1.54) is 17.7 Å². The van der Waals surface area contributed by atoms with Crippen molar-refractivity contribution in [1.82, 2.24) is 9.62 Å². The van der Waals surface area contributed by atoms with E-state index >= 15 is 0 Å². The summed E-state index contributed by atoms with van der Waals surface area (Å²) in [7, 11) is -3.47. The summed E-state index contributed by atoms with van der Waals surface area (Å²) in [5, 5.41) is 5.20. The molecule has 0 bridgehead atoms. The maximum atomic E-state index is 12.8. The molecule has 1 N–H and O–H groups in total. The largest absolute Gasteiger partial charge is 0.351 e. The summed E-state index contributed by atoms with van der Waals surface area (Å²) in [6.07, 6.45) is 7.48. The van der Waals surface area contributed by atoms with Gasteiger partial charge < -0.3 is 5.32 Å². The lowest BCUT2D eigenvalue weighted by atomic mass is 9.84. The topological polar surface area (TPSA) is 66.5 Å². The van der Waals surface area contributed by atoms with E-state index in [1.54, 1.807) is 39.9 Å². The molecule has 1 aromatic carbocycles. The molecule has 4 rings (SSSR count). The van der Waals surface area contributed by atoms with Crippen molar-refractivity contribution in [2.75, 3.05) is 19.6 Å². The molecule has 5 nitrogen and oxygen atoms in total. The smallest absolute Gasteiger partial charge is 0.251 e. The summed E-state index contributed by atoms with van der Waals surface area (Å²) >= 11 is 1.76. The van der Waals surface area contributed by atoms with Gasteiger partial charge in [-0.3, -0.25) is 4.79 Å². The van der Waals surface area contributed by atoms with Gasteiger partial charge in [0.15, 0.2) is 0 Å². The first-order chi connectivity index (χ1) is 14.0. The van der Waals surface area contributed by atoms with Crippen molar-refractivity contribution in [3.63, 3.8) is 0 Å². The minimum Gasteiger partial charge on any atom is -0.351 e. The standard InChI is InChI=1S/C22H28N2O3S2/c25-21(23-17-22(12-2-3-13-22)20-7-6-16-28-20)18-8-10-19(11-9-18)29(26,27)24-14-4-1-5-15-24/h6-11,16H,1-5,12-15,17H2,(H,23,25). The van der Waals surface area contributed by atoms with Gasteiger partial charge in [-0.15, -0.1) is 11.3 Å². The molecule has 2 fully saturated rings. The molecule has 0 spiro atoms. The molecule has 1 aliphatic carbocycles. The molecule has 1 saturated carbocycles. The lowest BCUT2D eigenvalue weighted by Crippen LogP contribution is -2.38. The Bertz CT molecular complexity index is 925. The van der Waals surface area contributed by atoms with Gasteiger partial charge >= 0.3 is 0 Å². The van der Waals surface area contributed by atoms with Gasteiger partial charge in [-0.05, 0) is 61.4 Å². The Kier molecular flexibility index (Phi) is 6.08. The molecule has 2 aromatic rings. The zero-order valence-electron chi connectivity index (χ0n) is 16.6. The fourth-order valence-corrected chi connectivity index (χ4v) is 7.03. The van der Waals surface area contributed by atoms with Crippen molar-refractivity contribution >= 4 is 27.3 Å². The highest BCUT2D eigenvalue weighted by Crippen LogP contribution is 2.42. The second kappa shape index (κ2) is 8.58. The van der Waals surface area contributed by atoms with Gasteiger partial charge in [0.2, 0.25) is 10.0 Å². The molecule has 156 valence electrons. The molecule has 2 aliphatic rings. The molecule has 0 unspecified atom stereocenters. The van der Waals surface area contributed by atoms with Gasteiger partial charge in [0.25, 0.3) is 5.91 Å². The number of sulfonamides is 1. The number of nitrogens with one attached hydrogen (secondary N) is 1. The third-order valence-corrected chi connectivity index (χ3v) is 9.29. The van der Waals surface area contributed by atoms with Crippen molar-refractivity contribution in [2.45, 2.75) is 55.3 Å². The van der Waals surface area contributed by atoms with Crippen LogP contribution in [0.4, 0.5) is 0 Å². The Balaban J connectivity index is 1.43. The molecule has 1 aromatic heterocycles. The van der Waals surface area contributed by atoms with E-state index in [9.17, 15) is 13.2 Å². The second-order valence-electron chi connectivity index (χ2n) is 8.14. The number of carbonyl (C=O) groups is 1. The predicted octanol–water partition coefficient (Wildman–Crippen LogP) is 4.16. The number of benzene rings is 1. The van der Waals surface area contributed by atoms with Gasteiger partial charge in [-0.25, -0.2) is 8.42 Å². The van der Waals surface area contributed by atoms with Crippen molar-refractivity contribution < 1.29 is 13.2 Å². The third-order valence-electron chi connectivity index (χ3n) is 6.26. The maximum Gasteiger partial charge on any atom is 0.251 e. The first-order valence-corrected chi connectivity index (χ1v) is 12.8. The number of thiophene rings is 1. The van der Waals surface area contributed by atoms with E-state index < -0.39 is 10.0 Å². The number of piperidine rings is 1. The van der Waals surface area contributed by atoms with Crippen LogP contribution >= 0.6 is 11.3 Å². The summed E-state index contributed by atoms with van der Waals surface area (Å²) < 4.78 is 27.1. The first-order valence-electron chi connectivity index (χ1n) is 10.4. The zero-order chi connectivity index (χ0) is 20.3. The number of carbonyl (C=O) groups excluding carboxylic acids is 1. The van der Waals surface area contributed by atoms with Crippen LogP contribution < -0.4 is 5.32 Å². The molecular weight excluding hydrogens is 404 g/mol. The van der Waals surface area contributed by atoms with Crippen LogP contribution in [0.25, 0.3) is 0 Å². The van der Waals surface area contributed by atoms with Crippen LogP contribution in [0, 0.1) is 0 Å². The molecular formula is C22H28N2O3S2. The highest BCUT2D eigenvalue weighted by atomic mass is 32.2. The zero-order valence-corrected chi connectivity index (χ0v) is 18.2. The number of amides is 1. The average molecular weight is 433 g/mol. The molecule has 2 heterocycles. The van der Waals surface area contributed by atoms with E-state index in [4.69, 9.17) is 0 Å². The number of nitrogens with zero attached hydrogens (tertiary/aromatic N) is 1. The average Bonchev–Trinajstić information content (AvgIpc) is 3.45. The lowest BCUT2D eigenvalue weighted by molar-refractivity contribution is 0.0943. The third kappa shape index (κ3) is 4.27. The van der Waals surface area contributed by atoms with Gasteiger partial charge in [0, 0.05) is 35.5 Å². The van der Waals surface area contributed by atoms with Crippen LogP contribution in [0.5, 0.6) is 0 Å². The highest BCUT2D eigenvalue weighted by molar-refractivity contribution is 7.89. The van der Waals surface area contributed by atoms with E-state index in [1.807, 2.05) is 0 Å². The normalized spacial score (nSPS) is 19.9. The summed E-state index contributed by atoms with van der Waals surface area (Å²) in [5.74, 6) is -0.144. The van der Waals surface area contributed by atoms with E-state index in [2.05, 4.69) is 22.8 Å². The summed E-state index contributed by atoms with van der Waals surface area (Å²) in [4.78, 5) is 14.3. The van der Waals surface area contributed by atoms with Gasteiger partial charge in [0.05, 0.1) is 4.90 Å². The molecule has 0 radical (unpaired) electrons. The van der Waals surface area contributed by atoms with Crippen LogP contribution in [0.3, 0.4) is 0 Å². The van der Waals surface area contributed by atoms with E-state index in [-0.39, 0.29) is 16.2 Å². The Labute approximate surface area is 177 Å². The fourth-order valence-electron chi connectivity index (χ4n) is 4.53.